The van der Waals surface area contributed by atoms with Gasteiger partial charge in [-0.25, -0.2) is 9.78 Å². The number of nitrogens with two attached hydrogens (primary N) is 1. The van der Waals surface area contributed by atoms with Gasteiger partial charge in [0.05, 0.1) is 12.8 Å². The summed E-state index contributed by atoms with van der Waals surface area (Å²) in [5.74, 6) is 0.0190. The van der Waals surface area contributed by atoms with E-state index in [9.17, 15) is 4.79 Å². The maximum Gasteiger partial charge on any atom is 0.374 e. The summed E-state index contributed by atoms with van der Waals surface area (Å²) in [5.41, 5.74) is 7.53. The number of rotatable bonds is 2. The Hall–Kier alpha value is -1.36. The number of hydrogen-bond acceptors (Lipinski definition) is 4. The second-order valence-electron chi connectivity index (χ2n) is 3.63. The molecule has 2 rings (SSSR count). The topological polar surface area (TPSA) is 70.1 Å². The van der Waals surface area contributed by atoms with Crippen LogP contribution in [0.2, 0.25) is 0 Å². The first-order valence-electron chi connectivity index (χ1n) is 5.14. The van der Waals surface area contributed by atoms with Gasteiger partial charge in [0.2, 0.25) is 5.82 Å². The van der Waals surface area contributed by atoms with Gasteiger partial charge in [-0.3, -0.25) is 0 Å². The third-order valence-corrected chi connectivity index (χ3v) is 2.76. The molecule has 1 aliphatic rings. The molecule has 5 nitrogen and oxygen atoms in total. The Bertz CT molecular complexity index is 384. The Morgan fingerprint density at radius 1 is 1.60 bits per heavy atom. The van der Waals surface area contributed by atoms with Crippen LogP contribution in [0.1, 0.15) is 34.8 Å². The van der Waals surface area contributed by atoms with Crippen molar-refractivity contribution in [3.8, 4) is 0 Å². The molecule has 0 saturated carbocycles. The first kappa shape index (κ1) is 10.2. The molecular weight excluding hydrogens is 194 g/mol. The Morgan fingerprint density at radius 3 is 3.07 bits per heavy atom. The lowest BCUT2D eigenvalue weighted by Gasteiger charge is -2.16. The minimum absolute atomic E-state index is 0.377. The van der Waals surface area contributed by atoms with E-state index in [4.69, 9.17) is 10.5 Å². The molecule has 0 atom stereocenters. The molecule has 1 aromatic rings. The van der Waals surface area contributed by atoms with Crippen molar-refractivity contribution in [2.45, 2.75) is 32.4 Å². The van der Waals surface area contributed by atoms with Gasteiger partial charge >= 0.3 is 5.97 Å². The Labute approximate surface area is 88.2 Å². The highest BCUT2D eigenvalue weighted by atomic mass is 16.5. The molecule has 0 radical (unpaired) electrons. The molecule has 5 heteroatoms. The van der Waals surface area contributed by atoms with Gasteiger partial charge in [-0.15, -0.1) is 0 Å². The van der Waals surface area contributed by atoms with Crippen molar-refractivity contribution < 1.29 is 9.53 Å². The zero-order chi connectivity index (χ0) is 10.8. The molecule has 2 heterocycles. The van der Waals surface area contributed by atoms with Crippen LogP contribution < -0.4 is 5.73 Å². The van der Waals surface area contributed by atoms with Crippen molar-refractivity contribution in [1.29, 1.82) is 0 Å². The molecule has 0 bridgehead atoms. The molecular formula is C10H15N3O2. The van der Waals surface area contributed by atoms with E-state index in [0.29, 0.717) is 12.4 Å². The molecule has 0 spiro atoms. The predicted octanol–water partition coefficient (Wildman–Crippen LogP) is 0.465. The van der Waals surface area contributed by atoms with E-state index >= 15 is 0 Å². The van der Waals surface area contributed by atoms with Crippen molar-refractivity contribution in [3.05, 3.63) is 17.2 Å². The molecule has 2 N–H and O–H groups in total. The Kier molecular flexibility index (Phi) is 2.73. The number of fused-ring (bicyclic) bond motifs is 1. The highest BCUT2D eigenvalue weighted by Crippen LogP contribution is 2.20. The zero-order valence-electron chi connectivity index (χ0n) is 8.82. The van der Waals surface area contributed by atoms with E-state index in [1.165, 1.54) is 7.11 Å². The molecule has 1 aromatic heterocycles. The van der Waals surface area contributed by atoms with Gasteiger partial charge in [0.15, 0.2) is 0 Å². The molecule has 82 valence electrons. The van der Waals surface area contributed by atoms with Crippen molar-refractivity contribution in [2.24, 2.45) is 5.73 Å². The summed E-state index contributed by atoms with van der Waals surface area (Å²) in [7, 11) is 1.37. The monoisotopic (exact) mass is 209 g/mol. The first-order chi connectivity index (χ1) is 7.27. The quantitative estimate of drug-likeness (QED) is 0.718. The molecule has 0 saturated heterocycles. The number of imidazole rings is 1. The van der Waals surface area contributed by atoms with Crippen LogP contribution in [0.3, 0.4) is 0 Å². The van der Waals surface area contributed by atoms with Crippen LogP contribution in [0, 0.1) is 0 Å². The maximum atomic E-state index is 11.5. The number of carbonyl (C=O) groups is 1. The molecule has 0 amide bonds. The summed E-state index contributed by atoms with van der Waals surface area (Å²) in [6, 6.07) is 0. The van der Waals surface area contributed by atoms with Crippen molar-refractivity contribution in [2.75, 3.05) is 7.11 Å². The normalized spacial score (nSPS) is 14.8. The number of esters is 1. The van der Waals surface area contributed by atoms with Gasteiger partial charge in [-0.05, 0) is 19.3 Å². The SMILES string of the molecule is COC(=O)c1nc(CN)c2n1CCCC2. The van der Waals surface area contributed by atoms with Crippen LogP contribution >= 0.6 is 0 Å². The number of nitrogens with zero attached hydrogens (tertiary/aromatic N) is 2. The fourth-order valence-electron chi connectivity index (χ4n) is 2.03. The molecule has 0 aromatic carbocycles. The third kappa shape index (κ3) is 1.63. The van der Waals surface area contributed by atoms with Crippen LogP contribution in [0.15, 0.2) is 0 Å². The molecule has 0 fully saturated rings. The standard InChI is InChI=1S/C10H15N3O2/c1-15-10(14)9-12-7(6-11)8-4-2-3-5-13(8)9/h2-6,11H2,1H3. The summed E-state index contributed by atoms with van der Waals surface area (Å²) in [5, 5.41) is 0. The van der Waals surface area contributed by atoms with Gasteiger partial charge in [0.25, 0.3) is 0 Å². The molecule has 0 unspecified atom stereocenters. The van der Waals surface area contributed by atoms with Crippen LogP contribution in [-0.2, 0) is 24.2 Å². The molecule has 0 aliphatic carbocycles. The maximum absolute atomic E-state index is 11.5. The van der Waals surface area contributed by atoms with Crippen LogP contribution in [-0.4, -0.2) is 22.6 Å². The smallest absolute Gasteiger partial charge is 0.374 e. The number of hydrogen-bond donors (Lipinski definition) is 1. The molecule has 15 heavy (non-hydrogen) atoms. The predicted molar refractivity (Wildman–Crippen MR) is 54.4 cm³/mol. The van der Waals surface area contributed by atoms with Gasteiger partial charge in [-0.2, -0.15) is 0 Å². The van der Waals surface area contributed by atoms with Gasteiger partial charge in [0.1, 0.15) is 0 Å². The highest BCUT2D eigenvalue weighted by molar-refractivity contribution is 5.85. The fourth-order valence-corrected chi connectivity index (χ4v) is 2.03. The lowest BCUT2D eigenvalue weighted by Crippen LogP contribution is -2.17. The molecule has 1 aliphatic heterocycles. The minimum Gasteiger partial charge on any atom is -0.463 e. The van der Waals surface area contributed by atoms with E-state index in [0.717, 1.165) is 37.2 Å². The van der Waals surface area contributed by atoms with Crippen LogP contribution in [0.5, 0.6) is 0 Å². The van der Waals surface area contributed by atoms with Gasteiger partial charge < -0.3 is 15.0 Å². The average molecular weight is 209 g/mol. The van der Waals surface area contributed by atoms with Crippen molar-refractivity contribution in [1.82, 2.24) is 9.55 Å². The van der Waals surface area contributed by atoms with E-state index in [2.05, 4.69) is 4.98 Å². The average Bonchev–Trinajstić information content (AvgIpc) is 2.67. The highest BCUT2D eigenvalue weighted by Gasteiger charge is 2.23. The van der Waals surface area contributed by atoms with Gasteiger partial charge in [0, 0.05) is 18.8 Å². The number of ether oxygens (including phenoxy) is 1. The lowest BCUT2D eigenvalue weighted by atomic mass is 10.1. The second-order valence-corrected chi connectivity index (χ2v) is 3.63. The Morgan fingerprint density at radius 2 is 2.40 bits per heavy atom. The van der Waals surface area contributed by atoms with Gasteiger partial charge in [-0.1, -0.05) is 0 Å². The summed E-state index contributed by atoms with van der Waals surface area (Å²) < 4.78 is 6.64. The van der Waals surface area contributed by atoms with Crippen molar-refractivity contribution >= 4 is 5.97 Å². The summed E-state index contributed by atoms with van der Waals surface area (Å²) >= 11 is 0. The summed E-state index contributed by atoms with van der Waals surface area (Å²) in [6.45, 7) is 1.22. The fraction of sp³-hybridized carbons (Fsp3) is 0.600. The first-order valence-corrected chi connectivity index (χ1v) is 5.14. The van der Waals surface area contributed by atoms with E-state index in [1.54, 1.807) is 0 Å². The largest absolute Gasteiger partial charge is 0.463 e. The third-order valence-electron chi connectivity index (χ3n) is 2.76. The van der Waals surface area contributed by atoms with Crippen LogP contribution in [0.4, 0.5) is 0 Å². The number of methoxy groups -OCH3 is 1. The van der Waals surface area contributed by atoms with Crippen LogP contribution in [0.25, 0.3) is 0 Å². The van der Waals surface area contributed by atoms with Crippen molar-refractivity contribution in [3.63, 3.8) is 0 Å². The second kappa shape index (κ2) is 4.02. The van der Waals surface area contributed by atoms with E-state index in [1.807, 2.05) is 4.57 Å². The summed E-state index contributed by atoms with van der Waals surface area (Å²) in [6.07, 6.45) is 3.17. The number of carbonyl (C=O) groups excluding carboxylic acids is 1. The summed E-state index contributed by atoms with van der Waals surface area (Å²) in [4.78, 5) is 15.7. The number of aromatic nitrogens is 2. The minimum atomic E-state index is -0.377. The zero-order valence-corrected chi connectivity index (χ0v) is 8.82. The lowest BCUT2D eigenvalue weighted by molar-refractivity contribution is 0.0580. The van der Waals surface area contributed by atoms with E-state index < -0.39 is 0 Å². The Balaban J connectivity index is 2.46. The van der Waals surface area contributed by atoms with E-state index in [-0.39, 0.29) is 5.97 Å².